The molecule has 0 radical (unpaired) electrons. The molecule has 0 fully saturated rings. The van der Waals surface area contributed by atoms with Crippen LogP contribution in [0.2, 0.25) is 0 Å². The van der Waals surface area contributed by atoms with E-state index in [1.165, 1.54) is 11.8 Å². The van der Waals surface area contributed by atoms with Crippen molar-refractivity contribution in [3.05, 3.63) is 18.2 Å². The van der Waals surface area contributed by atoms with Gasteiger partial charge in [0, 0.05) is 6.54 Å². The lowest BCUT2D eigenvalue weighted by Crippen LogP contribution is -2.03. The largest absolute Gasteiger partial charge is 0.494 e. The van der Waals surface area contributed by atoms with Gasteiger partial charge in [0.2, 0.25) is 0 Å². The summed E-state index contributed by atoms with van der Waals surface area (Å²) in [5, 5.41) is 9.57. The number of thioether (sulfide) groups is 1. The fraction of sp³-hybridized carbons (Fsp3) is 0.429. The van der Waals surface area contributed by atoms with Crippen molar-refractivity contribution in [2.24, 2.45) is 0 Å². The Hall–Kier alpha value is -1.69. The zero-order chi connectivity index (χ0) is 14.5. The Bertz CT molecular complexity index is 610. The normalized spacial score (nSPS) is 10.9. The minimum atomic E-state index is -0.837. The van der Waals surface area contributed by atoms with E-state index in [9.17, 15) is 4.79 Å². The predicted octanol–water partition coefficient (Wildman–Crippen LogP) is 3.02. The van der Waals surface area contributed by atoms with Gasteiger partial charge in [0.25, 0.3) is 0 Å². The Morgan fingerprint density at radius 3 is 2.95 bits per heavy atom. The first kappa shape index (κ1) is 14.7. The summed E-state index contributed by atoms with van der Waals surface area (Å²) in [6.45, 7) is 2.96. The number of unbranched alkanes of at least 4 members (excludes halogenated alkanes) is 1. The molecule has 2 aromatic rings. The minimum Gasteiger partial charge on any atom is -0.494 e. The third kappa shape index (κ3) is 3.07. The monoisotopic (exact) mass is 294 g/mol. The number of methoxy groups -OCH3 is 1. The number of aromatic nitrogens is 2. The average molecular weight is 294 g/mol. The number of carbonyl (C=O) groups is 1. The van der Waals surface area contributed by atoms with Crippen molar-refractivity contribution >= 4 is 28.8 Å². The Labute approximate surface area is 121 Å². The van der Waals surface area contributed by atoms with E-state index in [0.717, 1.165) is 41.3 Å². The molecule has 1 aromatic heterocycles. The van der Waals surface area contributed by atoms with E-state index in [1.54, 1.807) is 7.11 Å². The molecule has 108 valence electrons. The number of imidazole rings is 1. The highest BCUT2D eigenvalue weighted by Crippen LogP contribution is 2.30. The van der Waals surface area contributed by atoms with E-state index in [4.69, 9.17) is 9.84 Å². The molecule has 0 saturated heterocycles. The average Bonchev–Trinajstić information content (AvgIpc) is 2.80. The second-order valence-electron chi connectivity index (χ2n) is 4.41. The summed E-state index contributed by atoms with van der Waals surface area (Å²) >= 11 is 1.25. The summed E-state index contributed by atoms with van der Waals surface area (Å²) in [5.74, 6) is -0.108. The lowest BCUT2D eigenvalue weighted by atomic mass is 10.3. The third-order valence-electron chi connectivity index (χ3n) is 2.99. The van der Waals surface area contributed by atoms with Gasteiger partial charge >= 0.3 is 5.97 Å². The summed E-state index contributed by atoms with van der Waals surface area (Å²) in [5.41, 5.74) is 1.78. The molecular weight excluding hydrogens is 276 g/mol. The first-order valence-corrected chi connectivity index (χ1v) is 7.53. The van der Waals surface area contributed by atoms with E-state index in [1.807, 2.05) is 18.2 Å². The molecule has 0 unspecified atom stereocenters. The number of nitrogens with zero attached hydrogens (tertiary/aromatic N) is 2. The number of carboxylic acid groups (broad SMARTS) is 1. The van der Waals surface area contributed by atoms with E-state index in [2.05, 4.69) is 16.5 Å². The standard InChI is InChI=1S/C14H18N2O3S/c1-3-4-8-16-10-6-5-7-11(19-2)13(10)15-14(16)20-9-12(17)18/h5-7H,3-4,8-9H2,1-2H3,(H,17,18). The van der Waals surface area contributed by atoms with Gasteiger partial charge in [-0.2, -0.15) is 0 Å². The molecule has 0 aliphatic rings. The van der Waals surface area contributed by atoms with Crippen LogP contribution in [0.3, 0.4) is 0 Å². The quantitative estimate of drug-likeness (QED) is 0.795. The molecule has 1 aromatic carbocycles. The van der Waals surface area contributed by atoms with Gasteiger partial charge in [0.15, 0.2) is 5.16 Å². The van der Waals surface area contributed by atoms with Crippen LogP contribution < -0.4 is 4.74 Å². The Kier molecular flexibility index (Phi) is 4.89. The summed E-state index contributed by atoms with van der Waals surface area (Å²) in [6.07, 6.45) is 2.11. The number of aryl methyl sites for hydroxylation is 1. The van der Waals surface area contributed by atoms with Crippen molar-refractivity contribution in [2.75, 3.05) is 12.9 Å². The van der Waals surface area contributed by atoms with Crippen molar-refractivity contribution < 1.29 is 14.6 Å². The molecule has 20 heavy (non-hydrogen) atoms. The molecule has 0 aliphatic carbocycles. The van der Waals surface area contributed by atoms with E-state index < -0.39 is 5.97 Å². The van der Waals surface area contributed by atoms with Crippen molar-refractivity contribution in [3.8, 4) is 5.75 Å². The lowest BCUT2D eigenvalue weighted by Gasteiger charge is -2.07. The number of para-hydroxylation sites is 1. The first-order valence-electron chi connectivity index (χ1n) is 6.55. The molecule has 0 amide bonds. The van der Waals surface area contributed by atoms with Crippen LogP contribution >= 0.6 is 11.8 Å². The van der Waals surface area contributed by atoms with Crippen molar-refractivity contribution in [3.63, 3.8) is 0 Å². The maximum Gasteiger partial charge on any atom is 0.313 e. The van der Waals surface area contributed by atoms with Crippen LogP contribution in [-0.4, -0.2) is 33.5 Å². The van der Waals surface area contributed by atoms with Crippen LogP contribution in [0.1, 0.15) is 19.8 Å². The van der Waals surface area contributed by atoms with Crippen molar-refractivity contribution in [1.82, 2.24) is 9.55 Å². The van der Waals surface area contributed by atoms with Crippen LogP contribution in [0.4, 0.5) is 0 Å². The van der Waals surface area contributed by atoms with Crippen LogP contribution in [0.15, 0.2) is 23.4 Å². The van der Waals surface area contributed by atoms with Gasteiger partial charge in [-0.15, -0.1) is 0 Å². The smallest absolute Gasteiger partial charge is 0.313 e. The van der Waals surface area contributed by atoms with Gasteiger partial charge in [-0.25, -0.2) is 4.98 Å². The molecular formula is C14H18N2O3S. The number of rotatable bonds is 7. The fourth-order valence-electron chi connectivity index (χ4n) is 2.03. The minimum absolute atomic E-state index is 0.0117. The summed E-state index contributed by atoms with van der Waals surface area (Å²) < 4.78 is 7.40. The number of fused-ring (bicyclic) bond motifs is 1. The number of benzene rings is 1. The van der Waals surface area contributed by atoms with Gasteiger partial charge < -0.3 is 14.4 Å². The summed E-state index contributed by atoms with van der Waals surface area (Å²) in [7, 11) is 1.61. The number of aliphatic carboxylic acids is 1. The zero-order valence-corrected chi connectivity index (χ0v) is 12.4. The molecule has 0 aliphatic heterocycles. The molecule has 0 atom stereocenters. The highest BCUT2D eigenvalue weighted by atomic mass is 32.2. The highest BCUT2D eigenvalue weighted by Gasteiger charge is 2.15. The first-order chi connectivity index (χ1) is 9.67. The van der Waals surface area contributed by atoms with Gasteiger partial charge in [0.1, 0.15) is 11.3 Å². The maximum absolute atomic E-state index is 10.8. The van der Waals surface area contributed by atoms with Crippen LogP contribution in [0.5, 0.6) is 5.75 Å². The molecule has 1 N–H and O–H groups in total. The van der Waals surface area contributed by atoms with E-state index in [-0.39, 0.29) is 5.75 Å². The van der Waals surface area contributed by atoms with Gasteiger partial charge in [-0.05, 0) is 18.6 Å². The second kappa shape index (κ2) is 6.65. The van der Waals surface area contributed by atoms with Crippen LogP contribution in [-0.2, 0) is 11.3 Å². The second-order valence-corrected chi connectivity index (χ2v) is 5.35. The Morgan fingerprint density at radius 1 is 1.50 bits per heavy atom. The molecule has 0 spiro atoms. The predicted molar refractivity (Wildman–Crippen MR) is 79.6 cm³/mol. The molecule has 0 bridgehead atoms. The van der Waals surface area contributed by atoms with E-state index >= 15 is 0 Å². The van der Waals surface area contributed by atoms with Crippen LogP contribution in [0, 0.1) is 0 Å². The Balaban J connectivity index is 2.44. The zero-order valence-electron chi connectivity index (χ0n) is 11.6. The van der Waals surface area contributed by atoms with Crippen molar-refractivity contribution in [2.45, 2.75) is 31.5 Å². The third-order valence-corrected chi connectivity index (χ3v) is 3.95. The lowest BCUT2D eigenvalue weighted by molar-refractivity contribution is -0.133. The van der Waals surface area contributed by atoms with Crippen molar-refractivity contribution in [1.29, 1.82) is 0 Å². The number of hydrogen-bond acceptors (Lipinski definition) is 4. The van der Waals surface area contributed by atoms with Gasteiger partial charge in [-0.1, -0.05) is 31.2 Å². The maximum atomic E-state index is 10.8. The molecule has 2 rings (SSSR count). The van der Waals surface area contributed by atoms with E-state index in [0.29, 0.717) is 0 Å². The molecule has 5 nitrogen and oxygen atoms in total. The molecule has 6 heteroatoms. The van der Waals surface area contributed by atoms with Gasteiger partial charge in [-0.3, -0.25) is 4.79 Å². The summed E-state index contributed by atoms with van der Waals surface area (Å²) in [4.78, 5) is 15.3. The fourth-order valence-corrected chi connectivity index (χ4v) is 2.79. The number of carboxylic acids is 1. The SMILES string of the molecule is CCCCn1c(SCC(=O)O)nc2c(OC)cccc21. The molecule has 1 heterocycles. The number of ether oxygens (including phenoxy) is 1. The molecule has 0 saturated carbocycles. The highest BCUT2D eigenvalue weighted by molar-refractivity contribution is 7.99. The Morgan fingerprint density at radius 2 is 2.30 bits per heavy atom. The van der Waals surface area contributed by atoms with Crippen LogP contribution in [0.25, 0.3) is 11.0 Å². The topological polar surface area (TPSA) is 64.4 Å². The summed E-state index contributed by atoms with van der Waals surface area (Å²) in [6, 6.07) is 5.79. The van der Waals surface area contributed by atoms with Gasteiger partial charge in [0.05, 0.1) is 18.4 Å². The number of hydrogen-bond donors (Lipinski definition) is 1.